The number of hydrogen-bond donors (Lipinski definition) is 2. The summed E-state index contributed by atoms with van der Waals surface area (Å²) in [6, 6.07) is -0.429. The maximum absolute atomic E-state index is 11.6. The van der Waals surface area contributed by atoms with E-state index in [1.165, 1.54) is 7.11 Å². The third kappa shape index (κ3) is 3.87. The van der Waals surface area contributed by atoms with Gasteiger partial charge in [-0.05, 0) is 12.8 Å². The molecule has 1 unspecified atom stereocenters. The lowest BCUT2D eigenvalue weighted by Gasteiger charge is -2.20. The summed E-state index contributed by atoms with van der Waals surface area (Å²) in [4.78, 5) is 20.0. The number of carbonyl (C=O) groups is 1. The van der Waals surface area contributed by atoms with Crippen molar-refractivity contribution in [2.45, 2.75) is 26.8 Å². The number of hydrogen-bond acceptors (Lipinski definition) is 6. The second-order valence-electron chi connectivity index (χ2n) is 4.21. The summed E-state index contributed by atoms with van der Waals surface area (Å²) in [6.45, 7) is 6.63. The highest BCUT2D eigenvalue weighted by molar-refractivity contribution is 5.79. The summed E-state index contributed by atoms with van der Waals surface area (Å²) in [7, 11) is 1.38. The number of carbonyl (C=O) groups excluding carboxylic acids is 1. The zero-order chi connectivity index (χ0) is 13.5. The maximum Gasteiger partial charge on any atom is 0.328 e. The third-order valence-electron chi connectivity index (χ3n) is 2.42. The van der Waals surface area contributed by atoms with Gasteiger partial charge in [-0.25, -0.2) is 9.78 Å². The number of nitrogens with zero attached hydrogens (tertiary/aromatic N) is 2. The van der Waals surface area contributed by atoms with Crippen LogP contribution >= 0.6 is 0 Å². The van der Waals surface area contributed by atoms with Gasteiger partial charge in [0.25, 0.3) is 0 Å². The maximum atomic E-state index is 11.6. The number of methoxy groups -OCH3 is 1. The lowest BCUT2D eigenvalue weighted by Crippen LogP contribution is -2.35. The summed E-state index contributed by atoms with van der Waals surface area (Å²) in [5, 5.41) is 6.10. The predicted molar refractivity (Wildman–Crippen MR) is 70.5 cm³/mol. The van der Waals surface area contributed by atoms with Crippen LogP contribution in [-0.2, 0) is 9.53 Å². The van der Waals surface area contributed by atoms with Crippen molar-refractivity contribution in [1.82, 2.24) is 9.97 Å². The van der Waals surface area contributed by atoms with Gasteiger partial charge in [-0.2, -0.15) is 0 Å². The van der Waals surface area contributed by atoms with E-state index in [-0.39, 0.29) is 11.9 Å². The minimum Gasteiger partial charge on any atom is -0.467 e. The molecule has 0 aliphatic rings. The largest absolute Gasteiger partial charge is 0.467 e. The first-order valence-corrected chi connectivity index (χ1v) is 5.98. The van der Waals surface area contributed by atoms with Crippen LogP contribution in [0.25, 0.3) is 0 Å². The van der Waals surface area contributed by atoms with E-state index in [0.29, 0.717) is 11.6 Å². The van der Waals surface area contributed by atoms with Gasteiger partial charge in [-0.3, -0.25) is 4.98 Å². The van der Waals surface area contributed by atoms with Gasteiger partial charge in [0, 0.05) is 6.54 Å². The van der Waals surface area contributed by atoms with Crippen molar-refractivity contribution in [3.63, 3.8) is 0 Å². The highest BCUT2D eigenvalue weighted by Gasteiger charge is 2.23. The average Bonchev–Trinajstić information content (AvgIpc) is 2.35. The zero-order valence-corrected chi connectivity index (χ0v) is 11.2. The van der Waals surface area contributed by atoms with Crippen LogP contribution in [0.5, 0.6) is 0 Å². The predicted octanol–water partition coefficient (Wildman–Crippen LogP) is 1.52. The number of aromatic nitrogens is 2. The number of ether oxygens (including phenoxy) is 1. The molecule has 2 N–H and O–H groups in total. The van der Waals surface area contributed by atoms with Crippen LogP contribution in [-0.4, -0.2) is 35.6 Å². The highest BCUT2D eigenvalue weighted by Crippen LogP contribution is 2.12. The first kappa shape index (κ1) is 14.2. The first-order chi connectivity index (χ1) is 8.58. The minimum absolute atomic E-state index is 0.0991. The second kappa shape index (κ2) is 6.78. The van der Waals surface area contributed by atoms with Crippen LogP contribution in [0.1, 0.15) is 20.8 Å². The zero-order valence-electron chi connectivity index (χ0n) is 11.2. The Bertz CT molecular complexity index is 395. The molecule has 0 amide bonds. The van der Waals surface area contributed by atoms with E-state index in [4.69, 9.17) is 4.74 Å². The Morgan fingerprint density at radius 1 is 1.39 bits per heavy atom. The molecule has 0 aliphatic carbocycles. The molecule has 0 spiro atoms. The molecule has 1 aromatic rings. The first-order valence-electron chi connectivity index (χ1n) is 5.98. The summed E-state index contributed by atoms with van der Waals surface area (Å²) >= 11 is 0. The van der Waals surface area contributed by atoms with Gasteiger partial charge in [0.1, 0.15) is 17.7 Å². The Morgan fingerprint density at radius 3 is 2.61 bits per heavy atom. The molecule has 0 aliphatic heterocycles. The molecule has 1 heterocycles. The lowest BCUT2D eigenvalue weighted by molar-refractivity contribution is -0.142. The molecular formula is C12H20N4O2. The van der Waals surface area contributed by atoms with E-state index in [1.807, 2.05) is 20.8 Å². The smallest absolute Gasteiger partial charge is 0.328 e. The van der Waals surface area contributed by atoms with Crippen LogP contribution in [0.2, 0.25) is 0 Å². The Balaban J connectivity index is 2.80. The van der Waals surface area contributed by atoms with Gasteiger partial charge in [0.15, 0.2) is 0 Å². The normalized spacial score (nSPS) is 12.1. The molecule has 1 rings (SSSR count). The van der Waals surface area contributed by atoms with Crippen molar-refractivity contribution < 1.29 is 9.53 Å². The molecule has 1 aromatic heterocycles. The number of nitrogens with one attached hydrogen (secondary N) is 2. The van der Waals surface area contributed by atoms with E-state index in [1.54, 1.807) is 12.4 Å². The fourth-order valence-electron chi connectivity index (χ4n) is 1.49. The molecule has 0 radical (unpaired) electrons. The Hall–Kier alpha value is -1.85. The molecule has 0 fully saturated rings. The van der Waals surface area contributed by atoms with Gasteiger partial charge in [-0.1, -0.05) is 13.8 Å². The molecular weight excluding hydrogens is 232 g/mol. The van der Waals surface area contributed by atoms with Crippen molar-refractivity contribution >= 4 is 17.6 Å². The molecule has 6 heteroatoms. The van der Waals surface area contributed by atoms with E-state index >= 15 is 0 Å². The van der Waals surface area contributed by atoms with E-state index < -0.39 is 6.04 Å². The van der Waals surface area contributed by atoms with Crippen LogP contribution in [0, 0.1) is 5.92 Å². The van der Waals surface area contributed by atoms with Crippen LogP contribution in [0.4, 0.5) is 11.6 Å². The van der Waals surface area contributed by atoms with E-state index in [9.17, 15) is 4.79 Å². The number of anilines is 2. The molecule has 0 bridgehead atoms. The molecule has 0 saturated heterocycles. The molecule has 100 valence electrons. The highest BCUT2D eigenvalue weighted by atomic mass is 16.5. The summed E-state index contributed by atoms with van der Waals surface area (Å²) in [6.07, 6.45) is 3.22. The Kier molecular flexibility index (Phi) is 5.35. The van der Waals surface area contributed by atoms with Crippen molar-refractivity contribution in [2.75, 3.05) is 24.3 Å². The SMILES string of the molecule is CCNc1cncc(NC(C(=O)OC)C(C)C)n1. The standard InChI is InChI=1S/C12H20N4O2/c1-5-14-9-6-13-7-10(15-9)16-11(8(2)3)12(17)18-4/h6-8,11H,5H2,1-4H3,(H2,14,15,16). The summed E-state index contributed by atoms with van der Waals surface area (Å²) < 4.78 is 4.76. The van der Waals surface area contributed by atoms with Crippen LogP contribution in [0.3, 0.4) is 0 Å². The van der Waals surface area contributed by atoms with Gasteiger partial charge < -0.3 is 15.4 Å². The monoisotopic (exact) mass is 252 g/mol. The Labute approximate surface area is 107 Å². The molecule has 6 nitrogen and oxygen atoms in total. The van der Waals surface area contributed by atoms with Gasteiger partial charge in [0.2, 0.25) is 0 Å². The molecule has 0 aromatic carbocycles. The Morgan fingerprint density at radius 2 is 2.06 bits per heavy atom. The van der Waals surface area contributed by atoms with E-state index in [0.717, 1.165) is 6.54 Å². The van der Waals surface area contributed by atoms with Crippen molar-refractivity contribution in [3.05, 3.63) is 12.4 Å². The minimum atomic E-state index is -0.429. The average molecular weight is 252 g/mol. The molecule has 18 heavy (non-hydrogen) atoms. The van der Waals surface area contributed by atoms with Crippen LogP contribution in [0.15, 0.2) is 12.4 Å². The topological polar surface area (TPSA) is 76.1 Å². The number of rotatable bonds is 6. The van der Waals surface area contributed by atoms with Crippen molar-refractivity contribution in [1.29, 1.82) is 0 Å². The fraction of sp³-hybridized carbons (Fsp3) is 0.583. The lowest BCUT2D eigenvalue weighted by atomic mass is 10.1. The summed E-state index contributed by atoms with van der Waals surface area (Å²) in [5.41, 5.74) is 0. The van der Waals surface area contributed by atoms with Gasteiger partial charge in [-0.15, -0.1) is 0 Å². The quantitative estimate of drug-likeness (QED) is 0.747. The summed E-state index contributed by atoms with van der Waals surface area (Å²) in [5.74, 6) is 1.02. The van der Waals surface area contributed by atoms with Crippen molar-refractivity contribution in [2.24, 2.45) is 5.92 Å². The number of esters is 1. The second-order valence-corrected chi connectivity index (χ2v) is 4.21. The van der Waals surface area contributed by atoms with E-state index in [2.05, 4.69) is 20.6 Å². The van der Waals surface area contributed by atoms with Crippen molar-refractivity contribution in [3.8, 4) is 0 Å². The molecule has 1 atom stereocenters. The van der Waals surface area contributed by atoms with Crippen LogP contribution < -0.4 is 10.6 Å². The fourth-order valence-corrected chi connectivity index (χ4v) is 1.49. The van der Waals surface area contributed by atoms with Gasteiger partial charge >= 0.3 is 5.97 Å². The van der Waals surface area contributed by atoms with Gasteiger partial charge in [0.05, 0.1) is 19.5 Å². The molecule has 0 saturated carbocycles. The third-order valence-corrected chi connectivity index (χ3v) is 2.42.